The first-order valence-corrected chi connectivity index (χ1v) is 11.1. The molecule has 0 saturated carbocycles. The van der Waals surface area contributed by atoms with Crippen LogP contribution in [-0.2, 0) is 20.7 Å². The molecule has 1 saturated heterocycles. The SMILES string of the molecule is C=CC(=O)N(C)[C@H]1CCCCOC1.COCCc1c[nH]c2nnc(-c3ccccc3O)cc12. The number of amides is 1. The van der Waals surface area contributed by atoms with E-state index in [4.69, 9.17) is 9.47 Å². The van der Waals surface area contributed by atoms with Gasteiger partial charge in [0, 0.05) is 37.9 Å². The molecule has 4 rings (SSSR count). The van der Waals surface area contributed by atoms with Crippen molar-refractivity contribution in [1.29, 1.82) is 0 Å². The number of carbonyl (C=O) groups is 1. The maximum Gasteiger partial charge on any atom is 0.246 e. The predicted octanol–water partition coefficient (Wildman–Crippen LogP) is 3.72. The highest BCUT2D eigenvalue weighted by molar-refractivity contribution is 5.87. The average molecular weight is 453 g/mol. The normalized spacial score (nSPS) is 15.9. The Labute approximate surface area is 194 Å². The number of nitrogens with one attached hydrogen (secondary N) is 1. The molecule has 0 aliphatic carbocycles. The molecule has 0 radical (unpaired) electrons. The maximum absolute atomic E-state index is 11.3. The minimum Gasteiger partial charge on any atom is -0.507 e. The molecule has 8 heteroatoms. The Hall–Kier alpha value is -3.23. The Morgan fingerprint density at radius 2 is 2.18 bits per heavy atom. The number of hydrogen-bond donors (Lipinski definition) is 2. The van der Waals surface area contributed by atoms with Gasteiger partial charge in [-0.05, 0) is 55.5 Å². The minimum atomic E-state index is -0.0181. The van der Waals surface area contributed by atoms with Crippen LogP contribution in [0.3, 0.4) is 0 Å². The molecular formula is C25H32N4O4. The second-order valence-electron chi connectivity index (χ2n) is 7.94. The van der Waals surface area contributed by atoms with Crippen molar-refractivity contribution in [3.63, 3.8) is 0 Å². The molecule has 0 unspecified atom stereocenters. The minimum absolute atomic E-state index is 0.0181. The maximum atomic E-state index is 11.3. The van der Waals surface area contributed by atoms with Crippen molar-refractivity contribution >= 4 is 16.9 Å². The summed E-state index contributed by atoms with van der Waals surface area (Å²) in [6.07, 6.45) is 7.36. The van der Waals surface area contributed by atoms with E-state index in [0.29, 0.717) is 24.5 Å². The first kappa shape index (κ1) is 24.4. The Morgan fingerprint density at radius 3 is 2.94 bits per heavy atom. The first-order valence-electron chi connectivity index (χ1n) is 11.1. The summed E-state index contributed by atoms with van der Waals surface area (Å²) >= 11 is 0. The van der Waals surface area contributed by atoms with Crippen molar-refractivity contribution in [2.45, 2.75) is 31.7 Å². The van der Waals surface area contributed by atoms with E-state index in [2.05, 4.69) is 21.8 Å². The summed E-state index contributed by atoms with van der Waals surface area (Å²) in [4.78, 5) is 16.1. The molecule has 2 aromatic heterocycles. The fourth-order valence-corrected chi connectivity index (χ4v) is 3.73. The molecule has 0 spiro atoms. The molecule has 0 bridgehead atoms. The molecule has 1 aliphatic heterocycles. The van der Waals surface area contributed by atoms with Gasteiger partial charge >= 0.3 is 0 Å². The molecule has 33 heavy (non-hydrogen) atoms. The lowest BCUT2D eigenvalue weighted by atomic mass is 10.1. The number of phenolic OH excluding ortho intramolecular Hbond substituents is 1. The van der Waals surface area contributed by atoms with E-state index in [0.717, 1.165) is 48.9 Å². The van der Waals surface area contributed by atoms with Gasteiger partial charge in [-0.15, -0.1) is 10.2 Å². The number of benzene rings is 1. The Kier molecular flexibility index (Phi) is 8.97. The van der Waals surface area contributed by atoms with E-state index in [1.54, 1.807) is 24.1 Å². The zero-order chi connectivity index (χ0) is 23.6. The fraction of sp³-hybridized carbons (Fsp3) is 0.400. The smallest absolute Gasteiger partial charge is 0.246 e. The van der Waals surface area contributed by atoms with Gasteiger partial charge in [-0.3, -0.25) is 4.79 Å². The number of nitrogens with zero attached hydrogens (tertiary/aromatic N) is 3. The summed E-state index contributed by atoms with van der Waals surface area (Å²) in [6.45, 7) is 5.61. The number of phenols is 1. The number of carbonyl (C=O) groups excluding carboxylic acids is 1. The first-order chi connectivity index (χ1) is 16.0. The number of ether oxygens (including phenoxy) is 2. The molecule has 1 atom stereocenters. The Morgan fingerprint density at radius 1 is 1.36 bits per heavy atom. The molecule has 176 valence electrons. The van der Waals surface area contributed by atoms with E-state index in [1.165, 1.54) is 6.08 Å². The third-order valence-corrected chi connectivity index (χ3v) is 5.73. The van der Waals surface area contributed by atoms with Crippen molar-refractivity contribution in [1.82, 2.24) is 20.1 Å². The van der Waals surface area contributed by atoms with Crippen LogP contribution in [0.5, 0.6) is 5.75 Å². The van der Waals surface area contributed by atoms with Crippen LogP contribution in [0.15, 0.2) is 49.2 Å². The summed E-state index contributed by atoms with van der Waals surface area (Å²) in [6, 6.07) is 9.29. The Bertz CT molecular complexity index is 1060. The van der Waals surface area contributed by atoms with Crippen molar-refractivity contribution in [3.8, 4) is 17.0 Å². The van der Waals surface area contributed by atoms with Crippen LogP contribution in [-0.4, -0.2) is 71.1 Å². The number of H-pyrrole nitrogens is 1. The van der Waals surface area contributed by atoms with Gasteiger partial charge in [-0.25, -0.2) is 0 Å². The van der Waals surface area contributed by atoms with Gasteiger partial charge in [0.25, 0.3) is 0 Å². The van der Waals surface area contributed by atoms with Crippen LogP contribution in [0.25, 0.3) is 22.3 Å². The van der Waals surface area contributed by atoms with Crippen LogP contribution in [0.4, 0.5) is 0 Å². The number of hydrogen-bond acceptors (Lipinski definition) is 6. The number of methoxy groups -OCH3 is 1. The van der Waals surface area contributed by atoms with Crippen LogP contribution < -0.4 is 0 Å². The summed E-state index contributed by atoms with van der Waals surface area (Å²) < 4.78 is 10.5. The lowest BCUT2D eigenvalue weighted by molar-refractivity contribution is -0.127. The monoisotopic (exact) mass is 452 g/mol. The van der Waals surface area contributed by atoms with Crippen LogP contribution in [0.2, 0.25) is 0 Å². The van der Waals surface area contributed by atoms with Gasteiger partial charge in [-0.1, -0.05) is 18.7 Å². The number of aromatic hydroxyl groups is 1. The second-order valence-corrected chi connectivity index (χ2v) is 7.94. The lowest BCUT2D eigenvalue weighted by Gasteiger charge is -2.25. The molecule has 8 nitrogen and oxygen atoms in total. The van der Waals surface area contributed by atoms with E-state index in [1.807, 2.05) is 31.4 Å². The van der Waals surface area contributed by atoms with Gasteiger partial charge in [0.2, 0.25) is 5.91 Å². The molecule has 3 aromatic rings. The van der Waals surface area contributed by atoms with Crippen molar-refractivity contribution in [2.24, 2.45) is 0 Å². The third kappa shape index (κ3) is 6.40. The number of likely N-dealkylation sites (N-methyl/N-ethyl adjacent to an activating group) is 1. The zero-order valence-electron chi connectivity index (χ0n) is 19.3. The highest BCUT2D eigenvalue weighted by Crippen LogP contribution is 2.29. The van der Waals surface area contributed by atoms with E-state index >= 15 is 0 Å². The molecule has 3 heterocycles. The molecule has 1 fully saturated rings. The summed E-state index contributed by atoms with van der Waals surface area (Å²) in [5, 5.41) is 19.2. The quantitative estimate of drug-likeness (QED) is 0.553. The Balaban J connectivity index is 0.000000205. The van der Waals surface area contributed by atoms with Crippen molar-refractivity contribution in [3.05, 3.63) is 54.7 Å². The van der Waals surface area contributed by atoms with Gasteiger partial charge in [0.15, 0.2) is 5.65 Å². The zero-order valence-corrected chi connectivity index (χ0v) is 19.3. The van der Waals surface area contributed by atoms with Crippen molar-refractivity contribution < 1.29 is 19.4 Å². The topological polar surface area (TPSA) is 101 Å². The highest BCUT2D eigenvalue weighted by Gasteiger charge is 2.19. The highest BCUT2D eigenvalue weighted by atomic mass is 16.5. The number of rotatable bonds is 6. The van der Waals surface area contributed by atoms with Gasteiger partial charge < -0.3 is 24.5 Å². The number of para-hydroxylation sites is 1. The predicted molar refractivity (Wildman–Crippen MR) is 128 cm³/mol. The lowest BCUT2D eigenvalue weighted by Crippen LogP contribution is -2.38. The number of aromatic amines is 1. The largest absolute Gasteiger partial charge is 0.507 e. The number of fused-ring (bicyclic) bond motifs is 1. The van der Waals surface area contributed by atoms with Gasteiger partial charge in [0.05, 0.1) is 24.9 Å². The van der Waals surface area contributed by atoms with Gasteiger partial charge in [-0.2, -0.15) is 0 Å². The van der Waals surface area contributed by atoms with E-state index in [-0.39, 0.29) is 17.7 Å². The summed E-state index contributed by atoms with van der Waals surface area (Å²) in [5.74, 6) is 0.186. The standard InChI is InChI=1S/C15H15N3O2.C10H17NO2/c1-20-7-6-10-9-16-15-12(10)8-13(17-18-15)11-4-2-3-5-14(11)19;1-3-10(12)11(2)9-6-4-5-7-13-8-9/h2-5,8-9,19H,6-7H2,1H3,(H,16,18);3,9H,1,4-8H2,2H3/t;9-/m.0/s1. The van der Waals surface area contributed by atoms with Crippen LogP contribution >= 0.6 is 0 Å². The van der Waals surface area contributed by atoms with E-state index < -0.39 is 0 Å². The average Bonchev–Trinajstić information content (AvgIpc) is 3.04. The van der Waals surface area contributed by atoms with Crippen molar-refractivity contribution in [2.75, 3.05) is 34.0 Å². The van der Waals surface area contributed by atoms with E-state index in [9.17, 15) is 9.90 Å². The third-order valence-electron chi connectivity index (χ3n) is 5.73. The fourth-order valence-electron chi connectivity index (χ4n) is 3.73. The van der Waals surface area contributed by atoms with Crippen LogP contribution in [0, 0.1) is 0 Å². The summed E-state index contributed by atoms with van der Waals surface area (Å²) in [5.41, 5.74) is 3.22. The summed E-state index contributed by atoms with van der Waals surface area (Å²) in [7, 11) is 3.49. The van der Waals surface area contributed by atoms with Gasteiger partial charge in [0.1, 0.15) is 5.75 Å². The second kappa shape index (κ2) is 12.1. The molecule has 1 aromatic carbocycles. The molecule has 1 aliphatic rings. The molecule has 1 amide bonds. The number of aromatic nitrogens is 3. The molecule has 2 N–H and O–H groups in total. The van der Waals surface area contributed by atoms with Crippen LogP contribution in [0.1, 0.15) is 24.8 Å². The molecular weight excluding hydrogens is 420 g/mol.